The third-order valence-electron chi connectivity index (χ3n) is 3.21. The summed E-state index contributed by atoms with van der Waals surface area (Å²) in [5, 5.41) is 9.57. The highest BCUT2D eigenvalue weighted by Gasteiger charge is 2.08. The van der Waals surface area contributed by atoms with Gasteiger partial charge in [0.15, 0.2) is 0 Å². The molecule has 0 saturated heterocycles. The molecule has 21 heavy (non-hydrogen) atoms. The second-order valence-corrected chi connectivity index (χ2v) is 5.71. The number of aromatic nitrogens is 1. The van der Waals surface area contributed by atoms with E-state index in [1.165, 1.54) is 5.56 Å². The highest BCUT2D eigenvalue weighted by molar-refractivity contribution is 7.98. The first kappa shape index (κ1) is 13.6. The average molecular weight is 293 g/mol. The van der Waals surface area contributed by atoms with Crippen LogP contribution in [-0.2, 0) is 5.75 Å². The van der Waals surface area contributed by atoms with Crippen LogP contribution in [0.4, 0.5) is 0 Å². The van der Waals surface area contributed by atoms with E-state index in [0.717, 1.165) is 27.2 Å². The standard InChI is InChI=1S/C17H15N3S/c18-17(19)14-10-16(20-15-9-5-4-8-13(14)15)21-11-12-6-2-1-3-7-12/h1-10H,11H2,(H3,18,19). The zero-order valence-corrected chi connectivity index (χ0v) is 12.2. The first-order valence-corrected chi connectivity index (χ1v) is 7.63. The van der Waals surface area contributed by atoms with Gasteiger partial charge in [-0.1, -0.05) is 48.5 Å². The van der Waals surface area contributed by atoms with Crippen LogP contribution in [0.25, 0.3) is 10.9 Å². The third kappa shape index (κ3) is 3.06. The van der Waals surface area contributed by atoms with Gasteiger partial charge in [0.25, 0.3) is 0 Å². The van der Waals surface area contributed by atoms with Gasteiger partial charge < -0.3 is 5.73 Å². The van der Waals surface area contributed by atoms with E-state index in [-0.39, 0.29) is 5.84 Å². The lowest BCUT2D eigenvalue weighted by Gasteiger charge is -2.08. The van der Waals surface area contributed by atoms with Crippen molar-refractivity contribution < 1.29 is 0 Å². The van der Waals surface area contributed by atoms with Crippen LogP contribution in [0.15, 0.2) is 65.7 Å². The van der Waals surface area contributed by atoms with Crippen LogP contribution >= 0.6 is 11.8 Å². The maximum Gasteiger partial charge on any atom is 0.123 e. The van der Waals surface area contributed by atoms with Gasteiger partial charge >= 0.3 is 0 Å². The van der Waals surface area contributed by atoms with Gasteiger partial charge in [-0.25, -0.2) is 4.98 Å². The summed E-state index contributed by atoms with van der Waals surface area (Å²) in [5.41, 5.74) is 8.58. The molecule has 0 amide bonds. The lowest BCUT2D eigenvalue weighted by Crippen LogP contribution is -2.12. The van der Waals surface area contributed by atoms with Crippen LogP contribution in [-0.4, -0.2) is 10.8 Å². The number of nitrogens with two attached hydrogens (primary N) is 1. The summed E-state index contributed by atoms with van der Waals surface area (Å²) in [4.78, 5) is 4.64. The fourth-order valence-electron chi connectivity index (χ4n) is 2.18. The van der Waals surface area contributed by atoms with Crippen LogP contribution < -0.4 is 5.73 Å². The van der Waals surface area contributed by atoms with Crippen molar-refractivity contribution in [1.82, 2.24) is 4.98 Å². The van der Waals surface area contributed by atoms with Gasteiger partial charge in [-0.3, -0.25) is 5.41 Å². The van der Waals surface area contributed by atoms with Crippen LogP contribution in [0.5, 0.6) is 0 Å². The quantitative estimate of drug-likeness (QED) is 0.437. The van der Waals surface area contributed by atoms with Gasteiger partial charge in [0.2, 0.25) is 0 Å². The number of nitrogen functional groups attached to an aromatic ring is 1. The Morgan fingerprint density at radius 3 is 2.52 bits per heavy atom. The highest BCUT2D eigenvalue weighted by atomic mass is 32.2. The lowest BCUT2D eigenvalue weighted by molar-refractivity contribution is 1.18. The van der Waals surface area contributed by atoms with Crippen molar-refractivity contribution in [2.24, 2.45) is 5.73 Å². The molecule has 0 unspecified atom stereocenters. The predicted molar refractivity (Wildman–Crippen MR) is 88.8 cm³/mol. The Morgan fingerprint density at radius 2 is 1.76 bits per heavy atom. The maximum absolute atomic E-state index is 7.75. The molecular formula is C17H15N3S. The number of hydrogen-bond acceptors (Lipinski definition) is 3. The van der Waals surface area contributed by atoms with Crippen LogP contribution in [0, 0.1) is 5.41 Å². The zero-order valence-electron chi connectivity index (χ0n) is 11.4. The second-order valence-electron chi connectivity index (χ2n) is 4.71. The minimum absolute atomic E-state index is 0.0789. The number of benzene rings is 2. The number of para-hydroxylation sites is 1. The molecule has 1 aromatic heterocycles. The first-order valence-electron chi connectivity index (χ1n) is 6.65. The van der Waals surface area contributed by atoms with Crippen molar-refractivity contribution in [3.05, 3.63) is 71.8 Å². The molecule has 2 aromatic carbocycles. The first-order chi connectivity index (χ1) is 10.2. The van der Waals surface area contributed by atoms with E-state index < -0.39 is 0 Å². The Hall–Kier alpha value is -2.33. The zero-order chi connectivity index (χ0) is 14.7. The second kappa shape index (κ2) is 5.97. The Labute approximate surface area is 127 Å². The normalized spacial score (nSPS) is 10.7. The van der Waals surface area contributed by atoms with Gasteiger partial charge in [0.05, 0.1) is 10.5 Å². The lowest BCUT2D eigenvalue weighted by atomic mass is 10.1. The van der Waals surface area contributed by atoms with E-state index in [4.69, 9.17) is 11.1 Å². The molecule has 4 heteroatoms. The molecular weight excluding hydrogens is 278 g/mol. The summed E-state index contributed by atoms with van der Waals surface area (Å²) < 4.78 is 0. The van der Waals surface area contributed by atoms with Crippen LogP contribution in [0.2, 0.25) is 0 Å². The third-order valence-corrected chi connectivity index (χ3v) is 4.19. The number of fused-ring (bicyclic) bond motifs is 1. The summed E-state index contributed by atoms with van der Waals surface area (Å²) in [5.74, 6) is 0.930. The van der Waals surface area contributed by atoms with Gasteiger partial charge in [-0.15, -0.1) is 11.8 Å². The number of rotatable bonds is 4. The topological polar surface area (TPSA) is 62.8 Å². The largest absolute Gasteiger partial charge is 0.384 e. The fraction of sp³-hybridized carbons (Fsp3) is 0.0588. The minimum Gasteiger partial charge on any atom is -0.384 e. The predicted octanol–water partition coefficient (Wildman–Crippen LogP) is 3.81. The van der Waals surface area contributed by atoms with E-state index in [1.54, 1.807) is 11.8 Å². The van der Waals surface area contributed by atoms with E-state index in [0.29, 0.717) is 0 Å². The molecule has 3 aromatic rings. The molecule has 1 heterocycles. The van der Waals surface area contributed by atoms with E-state index in [1.807, 2.05) is 48.5 Å². The summed E-state index contributed by atoms with van der Waals surface area (Å²) in [6.45, 7) is 0. The minimum atomic E-state index is 0.0789. The summed E-state index contributed by atoms with van der Waals surface area (Å²) >= 11 is 1.66. The Morgan fingerprint density at radius 1 is 1.05 bits per heavy atom. The average Bonchev–Trinajstić information content (AvgIpc) is 2.53. The molecule has 0 aliphatic carbocycles. The fourth-order valence-corrected chi connectivity index (χ4v) is 3.05. The van der Waals surface area contributed by atoms with Crippen LogP contribution in [0.1, 0.15) is 11.1 Å². The van der Waals surface area contributed by atoms with Crippen molar-refractivity contribution in [3.8, 4) is 0 Å². The van der Waals surface area contributed by atoms with Crippen LogP contribution in [0.3, 0.4) is 0 Å². The van der Waals surface area contributed by atoms with Gasteiger partial charge in [-0.2, -0.15) is 0 Å². The number of pyridine rings is 1. The molecule has 104 valence electrons. The number of nitrogens with zero attached hydrogens (tertiary/aromatic N) is 1. The van der Waals surface area contributed by atoms with Gasteiger partial charge in [-0.05, 0) is 17.7 Å². The molecule has 0 radical (unpaired) electrons. The highest BCUT2D eigenvalue weighted by Crippen LogP contribution is 2.26. The summed E-state index contributed by atoms with van der Waals surface area (Å²) in [7, 11) is 0. The van der Waals surface area contributed by atoms with Crippen molar-refractivity contribution in [2.45, 2.75) is 10.8 Å². The van der Waals surface area contributed by atoms with Gasteiger partial charge in [0.1, 0.15) is 5.84 Å². The molecule has 0 aliphatic heterocycles. The van der Waals surface area contributed by atoms with Crippen molar-refractivity contribution in [1.29, 1.82) is 5.41 Å². The molecule has 0 saturated carbocycles. The SMILES string of the molecule is N=C(N)c1cc(SCc2ccccc2)nc2ccccc12. The summed E-state index contributed by atoms with van der Waals surface area (Å²) in [6.07, 6.45) is 0. The number of amidine groups is 1. The van der Waals surface area contributed by atoms with Gasteiger partial charge in [0, 0.05) is 16.7 Å². The monoisotopic (exact) mass is 293 g/mol. The number of hydrogen-bond donors (Lipinski definition) is 2. The maximum atomic E-state index is 7.75. The number of nitrogens with one attached hydrogen (secondary N) is 1. The van der Waals surface area contributed by atoms with E-state index in [2.05, 4.69) is 17.1 Å². The number of thioether (sulfide) groups is 1. The van der Waals surface area contributed by atoms with Crippen molar-refractivity contribution in [3.63, 3.8) is 0 Å². The molecule has 3 nitrogen and oxygen atoms in total. The van der Waals surface area contributed by atoms with Crippen molar-refractivity contribution >= 4 is 28.5 Å². The summed E-state index contributed by atoms with van der Waals surface area (Å²) in [6, 6.07) is 20.0. The Balaban J connectivity index is 1.94. The molecule has 0 atom stereocenters. The van der Waals surface area contributed by atoms with E-state index in [9.17, 15) is 0 Å². The van der Waals surface area contributed by atoms with E-state index >= 15 is 0 Å². The molecule has 0 fully saturated rings. The molecule has 0 spiro atoms. The molecule has 3 N–H and O–H groups in total. The molecule has 0 aliphatic rings. The smallest absolute Gasteiger partial charge is 0.123 e. The molecule has 3 rings (SSSR count). The molecule has 0 bridgehead atoms. The Kier molecular flexibility index (Phi) is 3.88. The van der Waals surface area contributed by atoms with Crippen molar-refractivity contribution in [2.75, 3.05) is 0 Å². The Bertz CT molecular complexity index is 784.